The molecule has 1 aromatic rings. The Bertz CT molecular complexity index is 425. The first-order valence-electron chi connectivity index (χ1n) is 5.23. The Kier molecular flexibility index (Phi) is 2.75. The minimum atomic E-state index is -0.655. The van der Waals surface area contributed by atoms with Crippen LogP contribution < -0.4 is 5.73 Å². The maximum Gasteiger partial charge on any atom is 0.246 e. The molecule has 0 radical (unpaired) electrons. The smallest absolute Gasteiger partial charge is 0.246 e. The van der Waals surface area contributed by atoms with E-state index in [4.69, 9.17) is 5.73 Å². The van der Waals surface area contributed by atoms with Gasteiger partial charge in [-0.25, -0.2) is 0 Å². The highest BCUT2D eigenvalue weighted by molar-refractivity contribution is 6.05. The first-order valence-corrected chi connectivity index (χ1v) is 5.23. The van der Waals surface area contributed by atoms with Gasteiger partial charge in [-0.2, -0.15) is 0 Å². The van der Waals surface area contributed by atoms with Gasteiger partial charge in [0.15, 0.2) is 0 Å². The summed E-state index contributed by atoms with van der Waals surface area (Å²) in [6.07, 6.45) is 0.130. The fourth-order valence-corrected chi connectivity index (χ4v) is 1.75. The first-order chi connectivity index (χ1) is 7.58. The molecular weight excluding hydrogens is 204 g/mol. The normalized spacial score (nSPS) is 20.6. The van der Waals surface area contributed by atoms with Crippen molar-refractivity contribution in [3.8, 4) is 0 Å². The molecule has 1 aliphatic heterocycles. The zero-order chi connectivity index (χ0) is 11.7. The van der Waals surface area contributed by atoms with Crippen molar-refractivity contribution in [2.45, 2.75) is 25.9 Å². The number of rotatable bonds is 2. The van der Waals surface area contributed by atoms with Crippen LogP contribution in [-0.4, -0.2) is 22.8 Å². The summed E-state index contributed by atoms with van der Waals surface area (Å²) in [7, 11) is 0. The number of carbonyl (C=O) groups is 2. The molecule has 1 fully saturated rings. The van der Waals surface area contributed by atoms with E-state index in [1.165, 1.54) is 4.90 Å². The number of imide groups is 1. The van der Waals surface area contributed by atoms with Gasteiger partial charge in [-0.1, -0.05) is 29.8 Å². The summed E-state index contributed by atoms with van der Waals surface area (Å²) in [5, 5.41) is 0. The summed E-state index contributed by atoms with van der Waals surface area (Å²) >= 11 is 0. The van der Waals surface area contributed by atoms with Crippen molar-refractivity contribution in [2.75, 3.05) is 0 Å². The average Bonchev–Trinajstić information content (AvgIpc) is 2.48. The summed E-state index contributed by atoms with van der Waals surface area (Å²) < 4.78 is 0. The number of likely N-dealkylation sites (tertiary alicyclic amines) is 1. The Morgan fingerprint density at radius 2 is 1.94 bits per heavy atom. The van der Waals surface area contributed by atoms with E-state index < -0.39 is 6.04 Å². The summed E-state index contributed by atoms with van der Waals surface area (Å²) in [6.45, 7) is 2.32. The molecule has 16 heavy (non-hydrogen) atoms. The van der Waals surface area contributed by atoms with Crippen molar-refractivity contribution >= 4 is 11.8 Å². The number of hydrogen-bond acceptors (Lipinski definition) is 3. The Morgan fingerprint density at radius 3 is 2.44 bits per heavy atom. The lowest BCUT2D eigenvalue weighted by molar-refractivity contribution is -0.139. The monoisotopic (exact) mass is 218 g/mol. The van der Waals surface area contributed by atoms with E-state index in [1.807, 2.05) is 31.2 Å². The molecule has 84 valence electrons. The number of nitrogens with two attached hydrogens (primary N) is 1. The van der Waals surface area contributed by atoms with Crippen molar-refractivity contribution in [1.82, 2.24) is 4.90 Å². The predicted octanol–water partition coefficient (Wildman–Crippen LogP) is 0.581. The summed E-state index contributed by atoms with van der Waals surface area (Å²) in [5.74, 6) is -0.455. The second-order valence-electron chi connectivity index (χ2n) is 4.11. The molecule has 4 heteroatoms. The van der Waals surface area contributed by atoms with E-state index >= 15 is 0 Å². The molecule has 1 aliphatic rings. The van der Waals surface area contributed by atoms with E-state index in [-0.39, 0.29) is 18.2 Å². The van der Waals surface area contributed by atoms with E-state index in [9.17, 15) is 9.59 Å². The summed E-state index contributed by atoms with van der Waals surface area (Å²) in [6, 6.07) is 7.10. The number of benzene rings is 1. The molecule has 4 nitrogen and oxygen atoms in total. The molecule has 2 rings (SSSR count). The lowest BCUT2D eigenvalue weighted by atomic mass is 10.1. The topological polar surface area (TPSA) is 63.4 Å². The van der Waals surface area contributed by atoms with Crippen LogP contribution in [0.5, 0.6) is 0 Å². The molecule has 0 bridgehead atoms. The van der Waals surface area contributed by atoms with Crippen molar-refractivity contribution in [2.24, 2.45) is 5.73 Å². The number of carbonyl (C=O) groups excluding carboxylic acids is 2. The van der Waals surface area contributed by atoms with E-state index in [1.54, 1.807) is 0 Å². The van der Waals surface area contributed by atoms with Gasteiger partial charge in [0.05, 0.1) is 19.0 Å². The third-order valence-corrected chi connectivity index (χ3v) is 2.74. The Balaban J connectivity index is 2.13. The number of aryl methyl sites for hydroxylation is 1. The lowest BCUT2D eigenvalue weighted by Gasteiger charge is -2.14. The van der Waals surface area contributed by atoms with E-state index in [0.29, 0.717) is 6.54 Å². The first kappa shape index (κ1) is 10.8. The minimum absolute atomic E-state index is 0.130. The average molecular weight is 218 g/mol. The van der Waals surface area contributed by atoms with Crippen LogP contribution in [0.15, 0.2) is 24.3 Å². The predicted molar refractivity (Wildman–Crippen MR) is 59.3 cm³/mol. The van der Waals surface area contributed by atoms with Crippen LogP contribution in [0, 0.1) is 6.92 Å². The zero-order valence-corrected chi connectivity index (χ0v) is 9.14. The van der Waals surface area contributed by atoms with Gasteiger partial charge in [0, 0.05) is 0 Å². The van der Waals surface area contributed by atoms with Crippen molar-refractivity contribution in [3.63, 3.8) is 0 Å². The molecule has 0 spiro atoms. The maximum absolute atomic E-state index is 11.6. The van der Waals surface area contributed by atoms with Crippen LogP contribution in [0.1, 0.15) is 17.5 Å². The molecule has 0 aromatic heterocycles. The Morgan fingerprint density at radius 1 is 1.31 bits per heavy atom. The summed E-state index contributed by atoms with van der Waals surface area (Å²) in [5.41, 5.74) is 7.62. The van der Waals surface area contributed by atoms with Crippen LogP contribution in [0.3, 0.4) is 0 Å². The molecule has 1 unspecified atom stereocenters. The van der Waals surface area contributed by atoms with Gasteiger partial charge in [-0.3, -0.25) is 14.5 Å². The highest BCUT2D eigenvalue weighted by atomic mass is 16.2. The minimum Gasteiger partial charge on any atom is -0.319 e. The fraction of sp³-hybridized carbons (Fsp3) is 0.333. The zero-order valence-electron chi connectivity index (χ0n) is 9.14. The van der Waals surface area contributed by atoms with Crippen LogP contribution >= 0.6 is 0 Å². The second kappa shape index (κ2) is 4.06. The molecule has 2 amide bonds. The van der Waals surface area contributed by atoms with Gasteiger partial charge in [-0.05, 0) is 12.5 Å². The largest absolute Gasteiger partial charge is 0.319 e. The molecule has 1 saturated heterocycles. The maximum atomic E-state index is 11.6. The Labute approximate surface area is 94.0 Å². The highest BCUT2D eigenvalue weighted by Crippen LogP contribution is 2.15. The summed E-state index contributed by atoms with van der Waals surface area (Å²) in [4.78, 5) is 24.3. The lowest BCUT2D eigenvalue weighted by Crippen LogP contribution is -2.34. The van der Waals surface area contributed by atoms with Gasteiger partial charge < -0.3 is 5.73 Å². The van der Waals surface area contributed by atoms with E-state index in [0.717, 1.165) is 11.1 Å². The van der Waals surface area contributed by atoms with Crippen LogP contribution in [-0.2, 0) is 16.1 Å². The van der Waals surface area contributed by atoms with Crippen molar-refractivity contribution in [1.29, 1.82) is 0 Å². The van der Waals surface area contributed by atoms with Crippen molar-refractivity contribution < 1.29 is 9.59 Å². The molecule has 1 atom stereocenters. The third kappa shape index (κ3) is 1.97. The molecular formula is C12H14N2O2. The molecule has 1 heterocycles. The van der Waals surface area contributed by atoms with Gasteiger partial charge in [0.2, 0.25) is 11.8 Å². The number of hydrogen-bond donors (Lipinski definition) is 1. The van der Waals surface area contributed by atoms with Gasteiger partial charge in [0.1, 0.15) is 0 Å². The molecule has 0 saturated carbocycles. The van der Waals surface area contributed by atoms with Gasteiger partial charge in [0.25, 0.3) is 0 Å². The van der Waals surface area contributed by atoms with Crippen LogP contribution in [0.4, 0.5) is 0 Å². The quantitative estimate of drug-likeness (QED) is 0.738. The highest BCUT2D eigenvalue weighted by Gasteiger charge is 2.35. The van der Waals surface area contributed by atoms with Crippen LogP contribution in [0.2, 0.25) is 0 Å². The Hall–Kier alpha value is -1.68. The van der Waals surface area contributed by atoms with Gasteiger partial charge in [-0.15, -0.1) is 0 Å². The fourth-order valence-electron chi connectivity index (χ4n) is 1.75. The third-order valence-electron chi connectivity index (χ3n) is 2.74. The SMILES string of the molecule is Cc1ccc(CN2C(=O)CC(N)C2=O)cc1. The number of amides is 2. The number of nitrogens with zero attached hydrogens (tertiary/aromatic N) is 1. The van der Waals surface area contributed by atoms with Crippen molar-refractivity contribution in [3.05, 3.63) is 35.4 Å². The second-order valence-corrected chi connectivity index (χ2v) is 4.11. The molecule has 2 N–H and O–H groups in total. The molecule has 1 aromatic carbocycles. The van der Waals surface area contributed by atoms with Crippen LogP contribution in [0.25, 0.3) is 0 Å². The van der Waals surface area contributed by atoms with E-state index in [2.05, 4.69) is 0 Å². The van der Waals surface area contributed by atoms with Gasteiger partial charge >= 0.3 is 0 Å². The standard InChI is InChI=1S/C12H14N2O2/c1-8-2-4-9(5-3-8)7-14-11(15)6-10(13)12(14)16/h2-5,10H,6-7,13H2,1H3. The molecule has 0 aliphatic carbocycles.